The van der Waals surface area contributed by atoms with E-state index in [1.807, 2.05) is 0 Å². The zero-order valence-electron chi connectivity index (χ0n) is 11.3. The van der Waals surface area contributed by atoms with Crippen LogP contribution in [0.1, 0.15) is 57.9 Å². The molecule has 0 aliphatic rings. The zero-order valence-corrected chi connectivity index (χ0v) is 11.3. The van der Waals surface area contributed by atoms with Crippen LogP contribution >= 0.6 is 0 Å². The molecule has 0 aliphatic heterocycles. The van der Waals surface area contributed by atoms with Gasteiger partial charge in [-0.15, -0.1) is 5.10 Å². The van der Waals surface area contributed by atoms with Gasteiger partial charge in [-0.3, -0.25) is 4.79 Å². The number of unbranched alkanes of at least 4 members (excludes halogenated alkanes) is 2. The van der Waals surface area contributed by atoms with E-state index in [0.717, 1.165) is 19.3 Å². The average molecular weight is 254 g/mol. The highest BCUT2D eigenvalue weighted by Crippen LogP contribution is 2.10. The standard InChI is InChI=1S/C12H22N4O2/c1-4-5-6-7-13-12(18)9(2)16-8-11(10(3)17)14-15-16/h8-10,17H,4-7H2,1-3H3,(H,13,18). The second-order valence-corrected chi connectivity index (χ2v) is 4.47. The molecule has 6 nitrogen and oxygen atoms in total. The van der Waals surface area contributed by atoms with E-state index in [1.165, 1.54) is 4.68 Å². The van der Waals surface area contributed by atoms with Gasteiger partial charge in [-0.05, 0) is 20.3 Å². The molecule has 0 spiro atoms. The Balaban J connectivity index is 2.46. The summed E-state index contributed by atoms with van der Waals surface area (Å²) < 4.78 is 1.47. The minimum atomic E-state index is -0.668. The maximum atomic E-state index is 11.8. The summed E-state index contributed by atoms with van der Waals surface area (Å²) in [6.45, 7) is 6.19. The SMILES string of the molecule is CCCCCNC(=O)C(C)n1cc(C(C)O)nn1. The molecule has 1 amide bonds. The van der Waals surface area contributed by atoms with Crippen molar-refractivity contribution in [3.8, 4) is 0 Å². The number of amides is 1. The number of hydrogen-bond donors (Lipinski definition) is 2. The Labute approximate surface area is 107 Å². The van der Waals surface area contributed by atoms with Gasteiger partial charge in [0.25, 0.3) is 0 Å². The van der Waals surface area contributed by atoms with Gasteiger partial charge in [0.2, 0.25) is 5.91 Å². The van der Waals surface area contributed by atoms with E-state index in [1.54, 1.807) is 20.0 Å². The molecular weight excluding hydrogens is 232 g/mol. The molecule has 0 bridgehead atoms. The Bertz CT molecular complexity index is 376. The number of aliphatic hydroxyl groups excluding tert-OH is 1. The van der Waals surface area contributed by atoms with Crippen molar-refractivity contribution in [2.24, 2.45) is 0 Å². The van der Waals surface area contributed by atoms with E-state index in [9.17, 15) is 9.90 Å². The van der Waals surface area contributed by atoms with E-state index >= 15 is 0 Å². The first-order chi connectivity index (χ1) is 8.56. The van der Waals surface area contributed by atoms with Crippen LogP contribution in [0.3, 0.4) is 0 Å². The Hall–Kier alpha value is -1.43. The van der Waals surface area contributed by atoms with Gasteiger partial charge in [-0.2, -0.15) is 0 Å². The zero-order chi connectivity index (χ0) is 13.5. The summed E-state index contributed by atoms with van der Waals surface area (Å²) in [6, 6.07) is -0.411. The minimum Gasteiger partial charge on any atom is -0.387 e. The van der Waals surface area contributed by atoms with E-state index in [2.05, 4.69) is 22.6 Å². The van der Waals surface area contributed by atoms with E-state index in [4.69, 9.17) is 0 Å². The predicted molar refractivity (Wildman–Crippen MR) is 67.9 cm³/mol. The second kappa shape index (κ2) is 7.10. The first-order valence-corrected chi connectivity index (χ1v) is 6.43. The van der Waals surface area contributed by atoms with Crippen LogP contribution in [0.4, 0.5) is 0 Å². The van der Waals surface area contributed by atoms with Crippen LogP contribution in [-0.2, 0) is 4.79 Å². The molecule has 18 heavy (non-hydrogen) atoms. The number of aliphatic hydroxyl groups is 1. The van der Waals surface area contributed by atoms with Crippen molar-refractivity contribution in [3.63, 3.8) is 0 Å². The van der Waals surface area contributed by atoms with Crippen molar-refractivity contribution in [1.29, 1.82) is 0 Å². The van der Waals surface area contributed by atoms with Gasteiger partial charge in [0, 0.05) is 6.54 Å². The lowest BCUT2D eigenvalue weighted by molar-refractivity contribution is -0.124. The molecule has 0 aliphatic carbocycles. The summed E-state index contributed by atoms with van der Waals surface area (Å²) in [5.74, 6) is -0.0758. The lowest BCUT2D eigenvalue weighted by Crippen LogP contribution is -2.32. The van der Waals surface area contributed by atoms with E-state index < -0.39 is 12.1 Å². The molecule has 1 rings (SSSR count). The molecule has 6 heteroatoms. The fraction of sp³-hybridized carbons (Fsp3) is 0.750. The minimum absolute atomic E-state index is 0.0758. The van der Waals surface area contributed by atoms with Crippen LogP contribution < -0.4 is 5.32 Å². The summed E-state index contributed by atoms with van der Waals surface area (Å²) in [6.07, 6.45) is 4.17. The van der Waals surface area contributed by atoms with E-state index in [-0.39, 0.29) is 5.91 Å². The van der Waals surface area contributed by atoms with Crippen molar-refractivity contribution < 1.29 is 9.90 Å². The summed E-state index contributed by atoms with van der Waals surface area (Å²) in [7, 11) is 0. The Kier molecular flexibility index (Phi) is 5.77. The Morgan fingerprint density at radius 3 is 2.78 bits per heavy atom. The van der Waals surface area contributed by atoms with E-state index in [0.29, 0.717) is 12.2 Å². The third kappa shape index (κ3) is 4.10. The van der Waals surface area contributed by atoms with Crippen LogP contribution in [0.15, 0.2) is 6.20 Å². The molecule has 1 aromatic heterocycles. The molecule has 1 aromatic rings. The first-order valence-electron chi connectivity index (χ1n) is 6.43. The summed E-state index contributed by atoms with van der Waals surface area (Å²) >= 11 is 0. The normalized spacial score (nSPS) is 14.2. The van der Waals surface area contributed by atoms with Crippen molar-refractivity contribution in [1.82, 2.24) is 20.3 Å². The van der Waals surface area contributed by atoms with Gasteiger partial charge in [-0.1, -0.05) is 25.0 Å². The molecule has 102 valence electrons. The number of hydrogen-bond acceptors (Lipinski definition) is 4. The topological polar surface area (TPSA) is 80.0 Å². The lowest BCUT2D eigenvalue weighted by atomic mass is 10.2. The number of rotatable bonds is 7. The average Bonchev–Trinajstić information content (AvgIpc) is 2.83. The molecule has 0 fully saturated rings. The van der Waals surface area contributed by atoms with Gasteiger partial charge < -0.3 is 10.4 Å². The number of nitrogens with zero attached hydrogens (tertiary/aromatic N) is 3. The highest BCUT2D eigenvalue weighted by Gasteiger charge is 2.17. The summed E-state index contributed by atoms with van der Waals surface area (Å²) in [5, 5.41) is 19.9. The number of carbonyl (C=O) groups is 1. The number of aromatic nitrogens is 3. The van der Waals surface area contributed by atoms with Crippen LogP contribution in [0.25, 0.3) is 0 Å². The Morgan fingerprint density at radius 1 is 1.50 bits per heavy atom. The predicted octanol–water partition coefficient (Wildman–Crippen LogP) is 1.20. The molecule has 0 radical (unpaired) electrons. The van der Waals surface area contributed by atoms with Gasteiger partial charge in [0.05, 0.1) is 12.3 Å². The summed E-state index contributed by atoms with van der Waals surface area (Å²) in [5.41, 5.74) is 0.473. The molecular formula is C12H22N4O2. The molecule has 2 unspecified atom stereocenters. The third-order valence-electron chi connectivity index (χ3n) is 2.81. The highest BCUT2D eigenvalue weighted by atomic mass is 16.3. The van der Waals surface area contributed by atoms with Gasteiger partial charge >= 0.3 is 0 Å². The van der Waals surface area contributed by atoms with Crippen LogP contribution in [-0.4, -0.2) is 32.6 Å². The highest BCUT2D eigenvalue weighted by molar-refractivity contribution is 5.79. The maximum absolute atomic E-state index is 11.8. The first kappa shape index (κ1) is 14.6. The second-order valence-electron chi connectivity index (χ2n) is 4.47. The quantitative estimate of drug-likeness (QED) is 0.716. The van der Waals surface area contributed by atoms with Gasteiger partial charge in [-0.25, -0.2) is 4.68 Å². The van der Waals surface area contributed by atoms with Crippen LogP contribution in [0.5, 0.6) is 0 Å². The fourth-order valence-corrected chi connectivity index (χ4v) is 1.53. The van der Waals surface area contributed by atoms with Crippen molar-refractivity contribution >= 4 is 5.91 Å². The van der Waals surface area contributed by atoms with Crippen molar-refractivity contribution in [2.45, 2.75) is 52.2 Å². The van der Waals surface area contributed by atoms with Crippen LogP contribution in [0.2, 0.25) is 0 Å². The number of carbonyl (C=O) groups excluding carboxylic acids is 1. The Morgan fingerprint density at radius 2 is 2.22 bits per heavy atom. The lowest BCUT2D eigenvalue weighted by Gasteiger charge is -2.11. The maximum Gasteiger partial charge on any atom is 0.244 e. The number of nitrogens with one attached hydrogen (secondary N) is 1. The summed E-state index contributed by atoms with van der Waals surface area (Å²) in [4.78, 5) is 11.8. The monoisotopic (exact) mass is 254 g/mol. The molecule has 2 atom stereocenters. The van der Waals surface area contributed by atoms with Crippen molar-refractivity contribution in [3.05, 3.63) is 11.9 Å². The molecule has 2 N–H and O–H groups in total. The molecule has 0 aromatic carbocycles. The molecule has 0 saturated carbocycles. The fourth-order valence-electron chi connectivity index (χ4n) is 1.53. The smallest absolute Gasteiger partial charge is 0.244 e. The largest absolute Gasteiger partial charge is 0.387 e. The van der Waals surface area contributed by atoms with Gasteiger partial charge in [0.15, 0.2) is 0 Å². The van der Waals surface area contributed by atoms with Crippen LogP contribution in [0, 0.1) is 0 Å². The molecule has 1 heterocycles. The third-order valence-corrected chi connectivity index (χ3v) is 2.81. The molecule has 0 saturated heterocycles. The van der Waals surface area contributed by atoms with Crippen molar-refractivity contribution in [2.75, 3.05) is 6.54 Å². The van der Waals surface area contributed by atoms with Gasteiger partial charge in [0.1, 0.15) is 11.7 Å².